The highest BCUT2D eigenvalue weighted by atomic mass is 19.1. The number of H-pyrrole nitrogens is 1. The quantitative estimate of drug-likeness (QED) is 0.601. The third kappa shape index (κ3) is 3.95. The number of likely N-dealkylation sites (N-methyl/N-ethyl adjacent to an activating group) is 1. The molecular formula is C21H24FN3O2. The number of methoxy groups -OCH3 is 1. The number of aryl methyl sites for hydroxylation is 1. The number of benzene rings is 2. The van der Waals surface area contributed by atoms with Crippen molar-refractivity contribution in [2.75, 3.05) is 31.7 Å². The van der Waals surface area contributed by atoms with Gasteiger partial charge in [-0.25, -0.2) is 4.39 Å². The first-order chi connectivity index (χ1) is 13.0. The van der Waals surface area contributed by atoms with Gasteiger partial charge in [0.1, 0.15) is 5.82 Å². The molecular weight excluding hydrogens is 345 g/mol. The van der Waals surface area contributed by atoms with Crippen molar-refractivity contribution in [1.29, 1.82) is 0 Å². The molecule has 0 aliphatic heterocycles. The third-order valence-electron chi connectivity index (χ3n) is 4.60. The summed E-state index contributed by atoms with van der Waals surface area (Å²) in [5, 5.41) is 10.4. The van der Waals surface area contributed by atoms with Crippen molar-refractivity contribution >= 4 is 28.5 Å². The summed E-state index contributed by atoms with van der Waals surface area (Å²) in [4.78, 5) is 9.45. The maximum atomic E-state index is 14.1. The Bertz CT molecular complexity index is 965. The lowest BCUT2D eigenvalue weighted by atomic mass is 10.1. The summed E-state index contributed by atoms with van der Waals surface area (Å²) in [5.41, 5.74) is 3.85. The first-order valence-electron chi connectivity index (χ1n) is 8.93. The molecule has 27 heavy (non-hydrogen) atoms. The number of aromatic nitrogens is 1. The number of halogens is 1. The largest absolute Gasteiger partial charge is 0.494 e. The van der Waals surface area contributed by atoms with Crippen LogP contribution in [0.15, 0.2) is 41.4 Å². The molecule has 0 spiro atoms. The zero-order valence-electron chi connectivity index (χ0n) is 15.8. The van der Waals surface area contributed by atoms with Gasteiger partial charge in [-0.3, -0.25) is 4.99 Å². The number of hydrogen-bond acceptors (Lipinski definition) is 4. The van der Waals surface area contributed by atoms with Crippen LogP contribution in [0.4, 0.5) is 15.8 Å². The van der Waals surface area contributed by atoms with Crippen LogP contribution in [0.3, 0.4) is 0 Å². The third-order valence-corrected chi connectivity index (χ3v) is 4.60. The molecule has 0 bridgehead atoms. The van der Waals surface area contributed by atoms with Gasteiger partial charge >= 0.3 is 0 Å². The molecule has 3 rings (SSSR count). The monoisotopic (exact) mass is 369 g/mol. The fraction of sp³-hybridized carbons (Fsp3) is 0.286. The predicted octanol–water partition coefficient (Wildman–Crippen LogP) is 4.54. The van der Waals surface area contributed by atoms with E-state index in [0.29, 0.717) is 23.1 Å². The number of ether oxygens (including phenoxy) is 1. The van der Waals surface area contributed by atoms with Crippen LogP contribution in [0, 0.1) is 12.7 Å². The van der Waals surface area contributed by atoms with E-state index in [0.717, 1.165) is 30.0 Å². The molecule has 0 aliphatic carbocycles. The zero-order valence-corrected chi connectivity index (χ0v) is 15.8. The van der Waals surface area contributed by atoms with Crippen LogP contribution in [-0.2, 0) is 4.74 Å². The first kappa shape index (κ1) is 18.9. The van der Waals surface area contributed by atoms with Crippen molar-refractivity contribution in [3.05, 3.63) is 53.3 Å². The molecule has 0 aliphatic rings. The van der Waals surface area contributed by atoms with Gasteiger partial charge in [0.25, 0.3) is 0 Å². The molecule has 1 aromatic heterocycles. The molecule has 0 atom stereocenters. The summed E-state index contributed by atoms with van der Waals surface area (Å²) in [5.74, 6) is -0.488. The number of fused-ring (bicyclic) bond motifs is 1. The number of rotatable bonds is 7. The Balaban J connectivity index is 1.89. The topological polar surface area (TPSA) is 60.9 Å². The van der Waals surface area contributed by atoms with E-state index in [-0.39, 0.29) is 5.88 Å². The van der Waals surface area contributed by atoms with Crippen LogP contribution < -0.4 is 4.90 Å². The number of nitrogens with one attached hydrogen (secondary N) is 1. The number of aliphatic imine (C=N–C) groups is 1. The Hall–Kier alpha value is -2.86. The first-order valence-corrected chi connectivity index (χ1v) is 8.93. The van der Waals surface area contributed by atoms with Crippen LogP contribution in [0.5, 0.6) is 5.88 Å². The standard InChI is InChI=1S/C21H24FN3O2/c1-4-25(10-11-27-3)19-9-8-15(12-14(19)2)23-13-16-20-17(22)6-5-7-18(20)24-21(16)26/h5-9,12-13,24,26H,4,10-11H2,1-3H3. The second-order valence-electron chi connectivity index (χ2n) is 6.35. The maximum absolute atomic E-state index is 14.1. The summed E-state index contributed by atoms with van der Waals surface area (Å²) in [6.07, 6.45) is 1.49. The highest BCUT2D eigenvalue weighted by Crippen LogP contribution is 2.29. The Labute approximate surface area is 158 Å². The Morgan fingerprint density at radius 1 is 1.30 bits per heavy atom. The van der Waals surface area contributed by atoms with Crippen LogP contribution in [0.25, 0.3) is 10.9 Å². The van der Waals surface area contributed by atoms with Crippen LogP contribution >= 0.6 is 0 Å². The van der Waals surface area contributed by atoms with Gasteiger partial charge in [-0.2, -0.15) is 0 Å². The molecule has 6 heteroatoms. The van der Waals surface area contributed by atoms with Gasteiger partial charge in [0.15, 0.2) is 5.88 Å². The van der Waals surface area contributed by atoms with Crippen LogP contribution in [0.2, 0.25) is 0 Å². The summed E-state index contributed by atoms with van der Waals surface area (Å²) in [6.45, 7) is 6.51. The maximum Gasteiger partial charge on any atom is 0.198 e. The molecule has 0 saturated carbocycles. The predicted molar refractivity (Wildman–Crippen MR) is 108 cm³/mol. The minimum absolute atomic E-state index is 0.0936. The average molecular weight is 369 g/mol. The summed E-state index contributed by atoms with van der Waals surface area (Å²) in [6, 6.07) is 10.6. The van der Waals surface area contributed by atoms with E-state index < -0.39 is 5.82 Å². The molecule has 0 fully saturated rings. The normalized spacial score (nSPS) is 11.6. The minimum Gasteiger partial charge on any atom is -0.494 e. The summed E-state index contributed by atoms with van der Waals surface area (Å²) >= 11 is 0. The Kier molecular flexibility index (Phi) is 5.76. The van der Waals surface area contributed by atoms with E-state index in [4.69, 9.17) is 4.74 Å². The van der Waals surface area contributed by atoms with Crippen molar-refractivity contribution in [1.82, 2.24) is 4.98 Å². The number of nitrogens with zero attached hydrogens (tertiary/aromatic N) is 2. The molecule has 0 saturated heterocycles. The Morgan fingerprint density at radius 2 is 2.11 bits per heavy atom. The number of aromatic amines is 1. The second kappa shape index (κ2) is 8.22. The molecule has 142 valence electrons. The van der Waals surface area contributed by atoms with E-state index in [9.17, 15) is 9.50 Å². The fourth-order valence-electron chi connectivity index (χ4n) is 3.21. The molecule has 0 radical (unpaired) electrons. The average Bonchev–Trinajstić information content (AvgIpc) is 2.98. The molecule has 0 amide bonds. The lowest BCUT2D eigenvalue weighted by Crippen LogP contribution is -2.27. The van der Waals surface area contributed by atoms with Crippen molar-refractivity contribution in [3.63, 3.8) is 0 Å². The molecule has 1 heterocycles. The van der Waals surface area contributed by atoms with Crippen molar-refractivity contribution < 1.29 is 14.2 Å². The lowest BCUT2D eigenvalue weighted by molar-refractivity contribution is 0.205. The van der Waals surface area contributed by atoms with Gasteiger partial charge in [-0.05, 0) is 49.7 Å². The van der Waals surface area contributed by atoms with Crippen molar-refractivity contribution in [2.24, 2.45) is 4.99 Å². The van der Waals surface area contributed by atoms with E-state index in [1.807, 2.05) is 25.1 Å². The number of aromatic hydroxyl groups is 1. The highest BCUT2D eigenvalue weighted by molar-refractivity contribution is 6.02. The van der Waals surface area contributed by atoms with Crippen molar-refractivity contribution in [3.8, 4) is 5.88 Å². The van der Waals surface area contributed by atoms with Gasteiger partial charge in [-0.15, -0.1) is 0 Å². The number of anilines is 1. The van der Waals surface area contributed by atoms with Gasteiger partial charge in [-0.1, -0.05) is 6.07 Å². The van der Waals surface area contributed by atoms with Gasteiger partial charge in [0, 0.05) is 37.5 Å². The smallest absolute Gasteiger partial charge is 0.198 e. The van der Waals surface area contributed by atoms with Gasteiger partial charge in [0.2, 0.25) is 0 Å². The van der Waals surface area contributed by atoms with Crippen LogP contribution in [0.1, 0.15) is 18.1 Å². The van der Waals surface area contributed by atoms with E-state index in [1.54, 1.807) is 19.2 Å². The van der Waals surface area contributed by atoms with E-state index >= 15 is 0 Å². The van der Waals surface area contributed by atoms with E-state index in [2.05, 4.69) is 21.8 Å². The molecule has 5 nitrogen and oxygen atoms in total. The van der Waals surface area contributed by atoms with E-state index in [1.165, 1.54) is 12.3 Å². The molecule has 0 unspecified atom stereocenters. The van der Waals surface area contributed by atoms with Gasteiger partial charge < -0.3 is 19.7 Å². The second-order valence-corrected chi connectivity index (χ2v) is 6.35. The number of hydrogen-bond donors (Lipinski definition) is 2. The molecule has 3 aromatic rings. The summed E-state index contributed by atoms with van der Waals surface area (Å²) < 4.78 is 19.3. The van der Waals surface area contributed by atoms with Crippen LogP contribution in [-0.4, -0.2) is 43.1 Å². The summed E-state index contributed by atoms with van der Waals surface area (Å²) in [7, 11) is 1.70. The Morgan fingerprint density at radius 3 is 2.81 bits per heavy atom. The zero-order chi connectivity index (χ0) is 19.4. The molecule has 2 N–H and O–H groups in total. The van der Waals surface area contributed by atoms with Gasteiger partial charge in [0.05, 0.1) is 23.4 Å². The van der Waals surface area contributed by atoms with Crippen molar-refractivity contribution in [2.45, 2.75) is 13.8 Å². The lowest BCUT2D eigenvalue weighted by Gasteiger charge is -2.24. The fourth-order valence-corrected chi connectivity index (χ4v) is 3.21. The highest BCUT2D eigenvalue weighted by Gasteiger charge is 2.13. The molecule has 2 aromatic carbocycles. The minimum atomic E-state index is -0.395. The SMILES string of the molecule is CCN(CCOC)c1ccc(N=Cc2c(O)[nH]c3cccc(F)c23)cc1C.